The number of methoxy groups -OCH3 is 1. The van der Waals surface area contributed by atoms with Crippen molar-refractivity contribution >= 4 is 34.7 Å². The molecule has 0 aliphatic rings. The van der Waals surface area contributed by atoms with Gasteiger partial charge in [0, 0.05) is 0 Å². The van der Waals surface area contributed by atoms with Crippen LogP contribution >= 0.6 is 11.6 Å². The zero-order valence-electron chi connectivity index (χ0n) is 16.1. The molecular weight excluding hydrogens is 376 g/mol. The Morgan fingerprint density at radius 1 is 1.04 bits per heavy atom. The molecule has 3 rings (SSSR count). The van der Waals surface area contributed by atoms with E-state index in [-0.39, 0.29) is 11.6 Å². The number of nitrogens with one attached hydrogen (secondary N) is 2. The highest BCUT2D eigenvalue weighted by Gasteiger charge is 2.13. The van der Waals surface area contributed by atoms with Crippen LogP contribution in [0, 0.1) is 20.8 Å². The van der Waals surface area contributed by atoms with Crippen LogP contribution in [0.4, 0.5) is 17.2 Å². The average molecular weight is 397 g/mol. The van der Waals surface area contributed by atoms with Crippen LogP contribution < -0.4 is 15.4 Å². The van der Waals surface area contributed by atoms with Crippen LogP contribution in [0.1, 0.15) is 27.2 Å². The van der Waals surface area contributed by atoms with E-state index in [1.807, 2.05) is 45.0 Å². The van der Waals surface area contributed by atoms with Crippen LogP contribution in [0.15, 0.2) is 42.7 Å². The van der Waals surface area contributed by atoms with Crippen molar-refractivity contribution in [1.29, 1.82) is 0 Å². The molecule has 0 aliphatic carbocycles. The van der Waals surface area contributed by atoms with Crippen LogP contribution in [-0.2, 0) is 0 Å². The van der Waals surface area contributed by atoms with Gasteiger partial charge in [-0.25, -0.2) is 9.97 Å². The van der Waals surface area contributed by atoms with Crippen LogP contribution in [0.2, 0.25) is 5.02 Å². The van der Waals surface area contributed by atoms with E-state index in [2.05, 4.69) is 20.6 Å². The minimum Gasteiger partial charge on any atom is -0.495 e. The molecule has 3 aromatic rings. The Bertz CT molecular complexity index is 996. The first-order valence-corrected chi connectivity index (χ1v) is 9.07. The molecule has 7 heteroatoms. The number of hydrogen-bond donors (Lipinski definition) is 2. The SMILES string of the molecule is COc1ccc(C)cc1Nc1cnc(C(=O)Nc2c(C)cc(C)cc2Cl)cn1. The minimum absolute atomic E-state index is 0.192. The van der Waals surface area contributed by atoms with Crippen molar-refractivity contribution in [3.63, 3.8) is 0 Å². The van der Waals surface area contributed by atoms with Gasteiger partial charge >= 0.3 is 0 Å². The summed E-state index contributed by atoms with van der Waals surface area (Å²) in [5.74, 6) is 0.824. The maximum absolute atomic E-state index is 12.5. The molecular formula is C21H21ClN4O2. The second-order valence-electron chi connectivity index (χ2n) is 6.51. The first kappa shape index (κ1) is 19.6. The number of aryl methyl sites for hydroxylation is 3. The van der Waals surface area contributed by atoms with Gasteiger partial charge in [-0.1, -0.05) is 23.7 Å². The highest BCUT2D eigenvalue weighted by atomic mass is 35.5. The number of amides is 1. The third kappa shape index (κ3) is 4.40. The molecule has 0 atom stereocenters. The van der Waals surface area contributed by atoms with Crippen LogP contribution in [0.3, 0.4) is 0 Å². The summed E-state index contributed by atoms with van der Waals surface area (Å²) in [5, 5.41) is 6.45. The highest BCUT2D eigenvalue weighted by molar-refractivity contribution is 6.34. The van der Waals surface area contributed by atoms with Gasteiger partial charge in [0.2, 0.25) is 0 Å². The maximum atomic E-state index is 12.5. The number of anilines is 3. The van der Waals surface area contributed by atoms with Gasteiger partial charge in [0.05, 0.1) is 35.9 Å². The molecule has 0 unspecified atom stereocenters. The molecule has 0 radical (unpaired) electrons. The van der Waals surface area contributed by atoms with Crippen molar-refractivity contribution in [1.82, 2.24) is 9.97 Å². The predicted octanol–water partition coefficient (Wildman–Crippen LogP) is 5.06. The predicted molar refractivity (Wildman–Crippen MR) is 112 cm³/mol. The Morgan fingerprint density at radius 3 is 2.46 bits per heavy atom. The standard InChI is InChI=1S/C21H21ClN4O2/c1-12-5-6-18(28-4)16(9-12)25-19-11-23-17(10-24-19)21(27)26-20-14(3)7-13(2)8-15(20)22/h5-11H,1-4H3,(H,24,25)(H,26,27). The first-order chi connectivity index (χ1) is 13.4. The summed E-state index contributed by atoms with van der Waals surface area (Å²) in [6.45, 7) is 5.83. The van der Waals surface area contributed by atoms with E-state index in [1.54, 1.807) is 13.2 Å². The Kier molecular flexibility index (Phi) is 5.80. The van der Waals surface area contributed by atoms with Gasteiger partial charge < -0.3 is 15.4 Å². The number of ether oxygens (including phenoxy) is 1. The number of aromatic nitrogens is 2. The van der Waals surface area contributed by atoms with Crippen LogP contribution in [0.5, 0.6) is 5.75 Å². The average Bonchev–Trinajstić information content (AvgIpc) is 2.65. The van der Waals surface area contributed by atoms with Crippen molar-refractivity contribution in [2.75, 3.05) is 17.7 Å². The first-order valence-electron chi connectivity index (χ1n) is 8.69. The van der Waals surface area contributed by atoms with Gasteiger partial charge in [-0.05, 0) is 55.7 Å². The smallest absolute Gasteiger partial charge is 0.275 e. The second kappa shape index (κ2) is 8.27. The summed E-state index contributed by atoms with van der Waals surface area (Å²) < 4.78 is 5.34. The zero-order valence-corrected chi connectivity index (χ0v) is 16.9. The number of nitrogens with zero attached hydrogens (tertiary/aromatic N) is 2. The summed E-state index contributed by atoms with van der Waals surface area (Å²) >= 11 is 6.25. The Hall–Kier alpha value is -3.12. The molecule has 144 valence electrons. The molecule has 0 aliphatic heterocycles. The normalized spacial score (nSPS) is 10.5. The molecule has 0 saturated heterocycles. The van der Waals surface area contributed by atoms with Crippen molar-refractivity contribution in [2.24, 2.45) is 0 Å². The third-order valence-corrected chi connectivity index (χ3v) is 4.47. The summed E-state index contributed by atoms with van der Waals surface area (Å²) in [5.41, 5.74) is 4.54. The fraction of sp³-hybridized carbons (Fsp3) is 0.190. The van der Waals surface area contributed by atoms with Crippen LogP contribution in [0.25, 0.3) is 0 Å². The lowest BCUT2D eigenvalue weighted by Crippen LogP contribution is -2.15. The van der Waals surface area contributed by atoms with Gasteiger partial charge in [-0.2, -0.15) is 0 Å². The van der Waals surface area contributed by atoms with E-state index in [9.17, 15) is 4.79 Å². The molecule has 1 aromatic heterocycles. The van der Waals surface area contributed by atoms with Crippen molar-refractivity contribution < 1.29 is 9.53 Å². The molecule has 1 amide bonds. The Labute approximate surface area is 168 Å². The summed E-state index contributed by atoms with van der Waals surface area (Å²) in [6, 6.07) is 9.54. The summed E-state index contributed by atoms with van der Waals surface area (Å²) in [7, 11) is 1.60. The van der Waals surface area contributed by atoms with Gasteiger partial charge in [0.25, 0.3) is 5.91 Å². The minimum atomic E-state index is -0.374. The summed E-state index contributed by atoms with van der Waals surface area (Å²) in [4.78, 5) is 21.0. The number of carbonyl (C=O) groups excluding carboxylic acids is 1. The highest BCUT2D eigenvalue weighted by Crippen LogP contribution is 2.29. The molecule has 1 heterocycles. The van der Waals surface area contributed by atoms with Gasteiger partial charge in [-0.3, -0.25) is 4.79 Å². The monoisotopic (exact) mass is 396 g/mol. The topological polar surface area (TPSA) is 76.1 Å². The Morgan fingerprint density at radius 2 is 1.82 bits per heavy atom. The van der Waals surface area contributed by atoms with Crippen molar-refractivity contribution in [2.45, 2.75) is 20.8 Å². The molecule has 2 N–H and O–H groups in total. The van der Waals surface area contributed by atoms with E-state index in [0.717, 1.165) is 22.4 Å². The largest absolute Gasteiger partial charge is 0.495 e. The molecule has 28 heavy (non-hydrogen) atoms. The van der Waals surface area contributed by atoms with E-state index in [0.29, 0.717) is 22.3 Å². The molecule has 0 saturated carbocycles. The number of halogens is 1. The lowest BCUT2D eigenvalue weighted by molar-refractivity contribution is 0.102. The van der Waals surface area contributed by atoms with Gasteiger partial charge in [0.1, 0.15) is 17.3 Å². The molecule has 0 fully saturated rings. The van der Waals surface area contributed by atoms with E-state index >= 15 is 0 Å². The number of rotatable bonds is 5. The van der Waals surface area contributed by atoms with Gasteiger partial charge in [0.15, 0.2) is 0 Å². The fourth-order valence-corrected chi connectivity index (χ4v) is 3.19. The van der Waals surface area contributed by atoms with Crippen LogP contribution in [-0.4, -0.2) is 23.0 Å². The second-order valence-corrected chi connectivity index (χ2v) is 6.92. The van der Waals surface area contributed by atoms with Crippen molar-refractivity contribution in [3.8, 4) is 5.75 Å². The molecule has 0 bridgehead atoms. The quantitative estimate of drug-likeness (QED) is 0.630. The fourth-order valence-electron chi connectivity index (χ4n) is 2.82. The van der Waals surface area contributed by atoms with E-state index in [1.165, 1.54) is 12.4 Å². The number of benzene rings is 2. The lowest BCUT2D eigenvalue weighted by atomic mass is 10.1. The summed E-state index contributed by atoms with van der Waals surface area (Å²) in [6.07, 6.45) is 2.91. The van der Waals surface area contributed by atoms with E-state index < -0.39 is 0 Å². The Balaban J connectivity index is 1.76. The molecule has 6 nitrogen and oxygen atoms in total. The lowest BCUT2D eigenvalue weighted by Gasteiger charge is -2.12. The zero-order chi connectivity index (χ0) is 20.3. The maximum Gasteiger partial charge on any atom is 0.275 e. The van der Waals surface area contributed by atoms with E-state index in [4.69, 9.17) is 16.3 Å². The molecule has 2 aromatic carbocycles. The number of carbonyl (C=O) groups is 1. The van der Waals surface area contributed by atoms with Crippen molar-refractivity contribution in [3.05, 3.63) is 70.1 Å². The number of hydrogen-bond acceptors (Lipinski definition) is 5. The molecule has 0 spiro atoms. The third-order valence-electron chi connectivity index (χ3n) is 4.17. The van der Waals surface area contributed by atoms with Gasteiger partial charge in [-0.15, -0.1) is 0 Å².